The van der Waals surface area contributed by atoms with E-state index in [0.717, 1.165) is 6.07 Å². The lowest BCUT2D eigenvalue weighted by atomic mass is 10.00. The maximum atomic E-state index is 15.5. The van der Waals surface area contributed by atoms with Crippen molar-refractivity contribution in [2.75, 3.05) is 24.9 Å². The molecule has 2 amide bonds. The summed E-state index contributed by atoms with van der Waals surface area (Å²) in [5, 5.41) is 16.6. The number of primary amides is 1. The molecular formula is C29H34FN9O5. The SMILES string of the molecule is COc1ccc([C@@H](Nc2nc(Nc3cnc(OC)c(-n4ccnn4)c3)c(C(N)=O)cc2F)[C@H](C)NC(=O)OC(C)(C)C)cc1. The molecule has 0 radical (unpaired) electrons. The van der Waals surface area contributed by atoms with Crippen molar-refractivity contribution in [3.05, 3.63) is 71.9 Å². The zero-order valence-electron chi connectivity index (χ0n) is 25.1. The normalized spacial score (nSPS) is 12.5. The van der Waals surface area contributed by atoms with Gasteiger partial charge in [-0.05, 0) is 57.5 Å². The Balaban J connectivity index is 1.71. The van der Waals surface area contributed by atoms with Crippen LogP contribution in [-0.2, 0) is 4.74 Å². The Labute approximate surface area is 253 Å². The number of nitrogens with zero attached hydrogens (tertiary/aromatic N) is 5. The molecule has 232 valence electrons. The monoisotopic (exact) mass is 607 g/mol. The predicted octanol–water partition coefficient (Wildman–Crippen LogP) is 4.12. The molecule has 3 heterocycles. The van der Waals surface area contributed by atoms with Crippen LogP contribution in [-0.4, -0.2) is 62.8 Å². The first-order valence-corrected chi connectivity index (χ1v) is 13.5. The Morgan fingerprint density at radius 3 is 2.39 bits per heavy atom. The second-order valence-corrected chi connectivity index (χ2v) is 10.6. The number of alkyl carbamates (subject to hydrolysis) is 1. The van der Waals surface area contributed by atoms with Gasteiger partial charge in [-0.3, -0.25) is 4.79 Å². The van der Waals surface area contributed by atoms with Crippen molar-refractivity contribution in [3.8, 4) is 17.3 Å². The van der Waals surface area contributed by atoms with Gasteiger partial charge in [-0.15, -0.1) is 5.10 Å². The average molecular weight is 608 g/mol. The second kappa shape index (κ2) is 13.2. The molecule has 0 aliphatic heterocycles. The number of ether oxygens (including phenoxy) is 3. The largest absolute Gasteiger partial charge is 0.497 e. The quantitative estimate of drug-likeness (QED) is 0.193. The predicted molar refractivity (Wildman–Crippen MR) is 160 cm³/mol. The van der Waals surface area contributed by atoms with Crippen LogP contribution in [0.1, 0.15) is 49.7 Å². The maximum Gasteiger partial charge on any atom is 0.407 e. The van der Waals surface area contributed by atoms with Crippen molar-refractivity contribution in [2.24, 2.45) is 5.73 Å². The number of aromatic nitrogens is 5. The summed E-state index contributed by atoms with van der Waals surface area (Å²) in [6.45, 7) is 6.97. The van der Waals surface area contributed by atoms with Crippen LogP contribution in [0.4, 0.5) is 26.5 Å². The highest BCUT2D eigenvalue weighted by atomic mass is 19.1. The fourth-order valence-corrected chi connectivity index (χ4v) is 4.21. The molecule has 5 N–H and O–H groups in total. The molecule has 14 nitrogen and oxygen atoms in total. The first-order valence-electron chi connectivity index (χ1n) is 13.5. The van der Waals surface area contributed by atoms with Gasteiger partial charge in [-0.25, -0.2) is 23.8 Å². The molecule has 0 aliphatic rings. The van der Waals surface area contributed by atoms with Crippen molar-refractivity contribution in [2.45, 2.75) is 45.4 Å². The highest BCUT2D eigenvalue weighted by Gasteiger charge is 2.27. The highest BCUT2D eigenvalue weighted by Crippen LogP contribution is 2.30. The third-order valence-corrected chi connectivity index (χ3v) is 6.21. The van der Waals surface area contributed by atoms with Gasteiger partial charge in [-0.1, -0.05) is 17.3 Å². The van der Waals surface area contributed by atoms with Gasteiger partial charge in [-0.2, -0.15) is 0 Å². The summed E-state index contributed by atoms with van der Waals surface area (Å²) in [6.07, 6.45) is 3.87. The number of nitrogens with one attached hydrogen (secondary N) is 3. The van der Waals surface area contributed by atoms with Crippen molar-refractivity contribution in [1.29, 1.82) is 0 Å². The smallest absolute Gasteiger partial charge is 0.407 e. The van der Waals surface area contributed by atoms with Crippen molar-refractivity contribution >= 4 is 29.3 Å². The van der Waals surface area contributed by atoms with E-state index in [4.69, 9.17) is 19.9 Å². The summed E-state index contributed by atoms with van der Waals surface area (Å²) >= 11 is 0. The van der Waals surface area contributed by atoms with Crippen LogP contribution in [0.2, 0.25) is 0 Å². The lowest BCUT2D eigenvalue weighted by Gasteiger charge is -2.29. The molecule has 44 heavy (non-hydrogen) atoms. The molecule has 3 aromatic heterocycles. The van der Waals surface area contributed by atoms with Gasteiger partial charge in [0.1, 0.15) is 22.9 Å². The summed E-state index contributed by atoms with van der Waals surface area (Å²) in [6, 6.07) is 8.30. The molecule has 4 rings (SSSR count). The number of nitrogens with two attached hydrogens (primary N) is 1. The van der Waals surface area contributed by atoms with E-state index in [2.05, 4.69) is 36.2 Å². The maximum absolute atomic E-state index is 15.5. The molecule has 0 bridgehead atoms. The first kappa shape index (κ1) is 31.5. The molecule has 0 fully saturated rings. The van der Waals surface area contributed by atoms with E-state index in [1.54, 1.807) is 71.3 Å². The van der Waals surface area contributed by atoms with Crippen LogP contribution in [0.3, 0.4) is 0 Å². The Kier molecular flexibility index (Phi) is 9.46. The molecule has 2 atom stereocenters. The Bertz CT molecular complexity index is 1610. The number of methoxy groups -OCH3 is 2. The molecule has 15 heteroatoms. The van der Waals surface area contributed by atoms with Crippen LogP contribution in [0.15, 0.2) is 55.0 Å². The Morgan fingerprint density at radius 2 is 1.80 bits per heavy atom. The first-order chi connectivity index (χ1) is 20.9. The molecule has 0 saturated carbocycles. The fraction of sp³-hybridized carbons (Fsp3) is 0.310. The van der Waals surface area contributed by atoms with E-state index >= 15 is 4.39 Å². The van der Waals surface area contributed by atoms with Gasteiger partial charge in [0.15, 0.2) is 11.6 Å². The number of rotatable bonds is 11. The summed E-state index contributed by atoms with van der Waals surface area (Å²) in [5.74, 6) is -1.13. The van der Waals surface area contributed by atoms with Crippen LogP contribution >= 0.6 is 0 Å². The summed E-state index contributed by atoms with van der Waals surface area (Å²) in [7, 11) is 3.00. The summed E-state index contributed by atoms with van der Waals surface area (Å²) in [5.41, 5.74) is 6.14. The molecule has 0 spiro atoms. The van der Waals surface area contributed by atoms with Gasteiger partial charge < -0.3 is 35.9 Å². The van der Waals surface area contributed by atoms with Gasteiger partial charge in [0.25, 0.3) is 5.91 Å². The zero-order chi connectivity index (χ0) is 32.0. The van der Waals surface area contributed by atoms with E-state index in [0.29, 0.717) is 22.7 Å². The number of pyridine rings is 2. The standard InChI is InChI=1S/C29H34FN9O5/c1-16(34-28(41)44-29(2,3)4)23(17-7-9-19(42-5)10-8-17)36-26-21(30)14-20(24(31)40)25(37-26)35-18-13-22(27(43-6)32-15-18)39-12-11-33-38-39/h7-16,23H,1-6H3,(H2,31,40)(H,34,41)(H2,35,36,37)/t16-,23-/m0/s1. The number of hydrogen-bond acceptors (Lipinski definition) is 11. The number of carbonyl (C=O) groups excluding carboxylic acids is 2. The number of halogens is 1. The lowest BCUT2D eigenvalue weighted by molar-refractivity contribution is 0.0503. The van der Waals surface area contributed by atoms with Crippen molar-refractivity contribution in [1.82, 2.24) is 30.3 Å². The van der Waals surface area contributed by atoms with E-state index in [1.165, 1.54) is 24.2 Å². The summed E-state index contributed by atoms with van der Waals surface area (Å²) < 4.78 is 32.9. The second-order valence-electron chi connectivity index (χ2n) is 10.6. The highest BCUT2D eigenvalue weighted by molar-refractivity contribution is 5.98. The number of anilines is 3. The third kappa shape index (κ3) is 7.67. The third-order valence-electron chi connectivity index (χ3n) is 6.21. The fourth-order valence-electron chi connectivity index (χ4n) is 4.21. The van der Waals surface area contributed by atoms with E-state index in [1.807, 2.05) is 0 Å². The van der Waals surface area contributed by atoms with Crippen LogP contribution in [0.5, 0.6) is 11.6 Å². The van der Waals surface area contributed by atoms with E-state index in [9.17, 15) is 9.59 Å². The minimum absolute atomic E-state index is 0.0425. The number of benzene rings is 1. The van der Waals surface area contributed by atoms with E-state index in [-0.39, 0.29) is 23.1 Å². The van der Waals surface area contributed by atoms with Crippen molar-refractivity contribution < 1.29 is 28.2 Å². The number of amides is 2. The molecular weight excluding hydrogens is 573 g/mol. The van der Waals surface area contributed by atoms with Crippen LogP contribution in [0.25, 0.3) is 5.69 Å². The van der Waals surface area contributed by atoms with Gasteiger partial charge in [0.2, 0.25) is 5.88 Å². The summed E-state index contributed by atoms with van der Waals surface area (Å²) in [4.78, 5) is 33.6. The molecule has 0 saturated heterocycles. The zero-order valence-corrected chi connectivity index (χ0v) is 25.1. The molecule has 4 aromatic rings. The topological polar surface area (TPSA) is 180 Å². The van der Waals surface area contributed by atoms with E-state index < -0.39 is 35.5 Å². The lowest BCUT2D eigenvalue weighted by Crippen LogP contribution is -2.42. The van der Waals surface area contributed by atoms with Gasteiger partial charge in [0, 0.05) is 0 Å². The van der Waals surface area contributed by atoms with Crippen LogP contribution in [0, 0.1) is 5.82 Å². The molecule has 1 aromatic carbocycles. The molecule has 0 unspecified atom stereocenters. The van der Waals surface area contributed by atoms with Gasteiger partial charge >= 0.3 is 6.09 Å². The Hall–Kier alpha value is -5.47. The van der Waals surface area contributed by atoms with Gasteiger partial charge in [0.05, 0.1) is 56.1 Å². The molecule has 0 aliphatic carbocycles. The Morgan fingerprint density at radius 1 is 1.07 bits per heavy atom. The average Bonchev–Trinajstić information content (AvgIpc) is 3.51. The minimum Gasteiger partial charge on any atom is -0.497 e. The van der Waals surface area contributed by atoms with Crippen LogP contribution < -0.4 is 31.2 Å². The number of hydrogen-bond donors (Lipinski definition) is 4. The minimum atomic E-state index is -0.907. The van der Waals surface area contributed by atoms with Crippen molar-refractivity contribution in [3.63, 3.8) is 0 Å². The number of carbonyl (C=O) groups is 2.